The standard InChI is InChI=1S/C14H25N3O2S/c1-3-15-13-7-5-6-8-14-12(13)11-16-17(14)9-10-20(18,19)4-2/h11,13,15H,3-10H2,1-2H3. The maximum atomic E-state index is 11.6. The van der Waals surface area contributed by atoms with Crippen LogP contribution in [0.2, 0.25) is 0 Å². The Bertz CT molecular complexity index is 537. The highest BCUT2D eigenvalue weighted by Gasteiger charge is 2.22. The van der Waals surface area contributed by atoms with Gasteiger partial charge in [0.25, 0.3) is 0 Å². The third kappa shape index (κ3) is 3.61. The summed E-state index contributed by atoms with van der Waals surface area (Å²) in [6, 6.07) is 0.369. The van der Waals surface area contributed by atoms with Crippen molar-refractivity contribution in [2.75, 3.05) is 18.1 Å². The van der Waals surface area contributed by atoms with Crippen molar-refractivity contribution in [1.29, 1.82) is 0 Å². The first-order valence-electron chi connectivity index (χ1n) is 7.55. The molecule has 0 radical (unpaired) electrons. The molecule has 1 N–H and O–H groups in total. The van der Waals surface area contributed by atoms with Crippen LogP contribution in [0.1, 0.15) is 50.4 Å². The molecule has 0 saturated carbocycles. The van der Waals surface area contributed by atoms with Crippen molar-refractivity contribution in [2.45, 2.75) is 52.1 Å². The Morgan fingerprint density at radius 2 is 2.20 bits per heavy atom. The van der Waals surface area contributed by atoms with E-state index in [1.807, 2.05) is 10.9 Å². The highest BCUT2D eigenvalue weighted by Crippen LogP contribution is 2.28. The molecule has 0 spiro atoms. The zero-order chi connectivity index (χ0) is 14.6. The normalized spacial score (nSPS) is 19.6. The lowest BCUT2D eigenvalue weighted by atomic mass is 10.1. The fraction of sp³-hybridized carbons (Fsp3) is 0.786. The SMILES string of the molecule is CCNC1CCCCc2c1cnn2CCS(=O)(=O)CC. The number of nitrogens with one attached hydrogen (secondary N) is 1. The average molecular weight is 299 g/mol. The van der Waals surface area contributed by atoms with Crippen molar-refractivity contribution in [2.24, 2.45) is 0 Å². The Morgan fingerprint density at radius 3 is 2.90 bits per heavy atom. The molecule has 5 nitrogen and oxygen atoms in total. The first kappa shape index (κ1) is 15.5. The van der Waals surface area contributed by atoms with Crippen molar-refractivity contribution in [1.82, 2.24) is 15.1 Å². The first-order chi connectivity index (χ1) is 9.57. The van der Waals surface area contributed by atoms with Gasteiger partial charge in [0, 0.05) is 23.1 Å². The molecule has 1 heterocycles. The van der Waals surface area contributed by atoms with E-state index in [1.165, 1.54) is 17.7 Å². The predicted octanol–water partition coefficient (Wildman–Crippen LogP) is 1.69. The highest BCUT2D eigenvalue weighted by atomic mass is 32.2. The lowest BCUT2D eigenvalue weighted by Gasteiger charge is -2.15. The molecule has 0 aliphatic heterocycles. The highest BCUT2D eigenvalue weighted by molar-refractivity contribution is 7.91. The Hall–Kier alpha value is -0.880. The fourth-order valence-electron chi connectivity index (χ4n) is 2.81. The molecule has 6 heteroatoms. The molecule has 1 aliphatic rings. The average Bonchev–Trinajstić information content (AvgIpc) is 2.73. The Labute approximate surface area is 121 Å². The second-order valence-corrected chi connectivity index (χ2v) is 7.83. The van der Waals surface area contributed by atoms with Crippen molar-refractivity contribution in [3.8, 4) is 0 Å². The fourth-order valence-corrected chi connectivity index (χ4v) is 3.55. The number of hydrogen-bond donors (Lipinski definition) is 1. The summed E-state index contributed by atoms with van der Waals surface area (Å²) in [6.07, 6.45) is 6.43. The summed E-state index contributed by atoms with van der Waals surface area (Å²) in [5, 5.41) is 7.93. The second-order valence-electron chi connectivity index (χ2n) is 5.36. The van der Waals surface area contributed by atoms with Crippen LogP contribution < -0.4 is 5.32 Å². The predicted molar refractivity (Wildman–Crippen MR) is 80.5 cm³/mol. The number of aryl methyl sites for hydroxylation is 1. The molecule has 1 unspecified atom stereocenters. The molecule has 1 aromatic rings. The van der Waals surface area contributed by atoms with Gasteiger partial charge < -0.3 is 5.32 Å². The Morgan fingerprint density at radius 1 is 1.40 bits per heavy atom. The molecule has 1 atom stereocenters. The van der Waals surface area contributed by atoms with Crippen LogP contribution in [0.4, 0.5) is 0 Å². The summed E-state index contributed by atoms with van der Waals surface area (Å²) in [4.78, 5) is 0. The van der Waals surface area contributed by atoms with Crippen LogP contribution in [0.3, 0.4) is 0 Å². The van der Waals surface area contributed by atoms with Gasteiger partial charge in [-0.3, -0.25) is 4.68 Å². The van der Waals surface area contributed by atoms with Gasteiger partial charge in [-0.2, -0.15) is 5.10 Å². The maximum Gasteiger partial charge on any atom is 0.151 e. The number of fused-ring (bicyclic) bond motifs is 1. The van der Waals surface area contributed by atoms with Crippen LogP contribution in [-0.2, 0) is 22.8 Å². The van der Waals surface area contributed by atoms with Crippen molar-refractivity contribution in [3.05, 3.63) is 17.5 Å². The zero-order valence-electron chi connectivity index (χ0n) is 12.4. The quantitative estimate of drug-likeness (QED) is 0.812. The topological polar surface area (TPSA) is 64.0 Å². The van der Waals surface area contributed by atoms with E-state index in [2.05, 4.69) is 17.3 Å². The molecule has 2 rings (SSSR count). The molecule has 0 amide bonds. The molecule has 1 aliphatic carbocycles. The zero-order valence-corrected chi connectivity index (χ0v) is 13.2. The maximum absolute atomic E-state index is 11.6. The van der Waals surface area contributed by atoms with E-state index < -0.39 is 9.84 Å². The van der Waals surface area contributed by atoms with Crippen LogP contribution in [0.25, 0.3) is 0 Å². The summed E-state index contributed by atoms with van der Waals surface area (Å²) < 4.78 is 25.2. The number of hydrogen-bond acceptors (Lipinski definition) is 4. The van der Waals surface area contributed by atoms with E-state index in [0.717, 1.165) is 25.8 Å². The van der Waals surface area contributed by atoms with Gasteiger partial charge in [-0.1, -0.05) is 20.3 Å². The van der Waals surface area contributed by atoms with Gasteiger partial charge in [0.15, 0.2) is 9.84 Å². The van der Waals surface area contributed by atoms with Crippen LogP contribution in [0.15, 0.2) is 6.20 Å². The third-order valence-electron chi connectivity index (χ3n) is 4.02. The van der Waals surface area contributed by atoms with Gasteiger partial charge in [-0.05, 0) is 25.8 Å². The van der Waals surface area contributed by atoms with Gasteiger partial charge >= 0.3 is 0 Å². The van der Waals surface area contributed by atoms with Gasteiger partial charge in [0.2, 0.25) is 0 Å². The third-order valence-corrected chi connectivity index (χ3v) is 5.70. The van der Waals surface area contributed by atoms with Gasteiger partial charge in [-0.15, -0.1) is 0 Å². The van der Waals surface area contributed by atoms with Gasteiger partial charge in [0.1, 0.15) is 0 Å². The molecule has 0 aromatic carbocycles. The van der Waals surface area contributed by atoms with Crippen molar-refractivity contribution in [3.63, 3.8) is 0 Å². The number of aromatic nitrogens is 2. The summed E-state index contributed by atoms with van der Waals surface area (Å²) in [5.74, 6) is 0.389. The van der Waals surface area contributed by atoms with Crippen molar-refractivity contribution >= 4 is 9.84 Å². The number of rotatable bonds is 6. The lowest BCUT2D eigenvalue weighted by Crippen LogP contribution is -2.21. The monoisotopic (exact) mass is 299 g/mol. The smallest absolute Gasteiger partial charge is 0.151 e. The minimum absolute atomic E-state index is 0.184. The van der Waals surface area contributed by atoms with E-state index >= 15 is 0 Å². The molecule has 0 fully saturated rings. The van der Waals surface area contributed by atoms with Crippen LogP contribution in [-0.4, -0.2) is 36.2 Å². The molecule has 0 bridgehead atoms. The van der Waals surface area contributed by atoms with Crippen molar-refractivity contribution < 1.29 is 8.42 Å². The number of nitrogens with zero attached hydrogens (tertiary/aromatic N) is 2. The molecule has 20 heavy (non-hydrogen) atoms. The summed E-state index contributed by atoms with van der Waals surface area (Å²) in [7, 11) is -2.93. The van der Waals surface area contributed by atoms with E-state index in [0.29, 0.717) is 12.6 Å². The van der Waals surface area contributed by atoms with Gasteiger partial charge in [0.05, 0.1) is 18.5 Å². The molecule has 114 valence electrons. The summed E-state index contributed by atoms with van der Waals surface area (Å²) in [6.45, 7) is 5.23. The van der Waals surface area contributed by atoms with E-state index in [-0.39, 0.29) is 11.5 Å². The Balaban J connectivity index is 2.16. The minimum atomic E-state index is -2.93. The molecular weight excluding hydrogens is 274 g/mol. The second kappa shape index (κ2) is 6.72. The largest absolute Gasteiger partial charge is 0.310 e. The summed E-state index contributed by atoms with van der Waals surface area (Å²) >= 11 is 0. The molecule has 0 saturated heterocycles. The van der Waals surface area contributed by atoms with Crippen LogP contribution in [0, 0.1) is 0 Å². The molecule has 1 aromatic heterocycles. The van der Waals surface area contributed by atoms with Crippen LogP contribution >= 0.6 is 0 Å². The molecular formula is C14H25N3O2S. The first-order valence-corrected chi connectivity index (χ1v) is 9.38. The lowest BCUT2D eigenvalue weighted by molar-refractivity contribution is 0.503. The van der Waals surface area contributed by atoms with Gasteiger partial charge in [-0.25, -0.2) is 8.42 Å². The van der Waals surface area contributed by atoms with E-state index in [9.17, 15) is 8.42 Å². The van der Waals surface area contributed by atoms with E-state index in [1.54, 1.807) is 6.92 Å². The van der Waals surface area contributed by atoms with Crippen LogP contribution in [0.5, 0.6) is 0 Å². The number of sulfone groups is 1. The Kier molecular flexibility index (Phi) is 5.21. The van der Waals surface area contributed by atoms with E-state index in [4.69, 9.17) is 0 Å². The minimum Gasteiger partial charge on any atom is -0.310 e. The summed E-state index contributed by atoms with van der Waals surface area (Å²) in [5.41, 5.74) is 2.48.